The molecule has 0 saturated carbocycles. The molecule has 1 amide bonds. The highest BCUT2D eigenvalue weighted by Crippen LogP contribution is 2.33. The molecule has 0 atom stereocenters. The maximum Gasteiger partial charge on any atom is 0.273 e. The molecular weight excluding hydrogens is 366 g/mol. The first-order chi connectivity index (χ1) is 12.9. The van der Waals surface area contributed by atoms with Gasteiger partial charge in [-0.25, -0.2) is 5.43 Å². The molecule has 0 unspecified atom stereocenters. The van der Waals surface area contributed by atoms with Crippen LogP contribution in [0.1, 0.15) is 27.3 Å². The van der Waals surface area contributed by atoms with E-state index in [0.717, 1.165) is 17.1 Å². The number of aromatic nitrogens is 1. The number of hydrogen-bond acceptors (Lipinski definition) is 4. The smallest absolute Gasteiger partial charge is 0.273 e. The van der Waals surface area contributed by atoms with E-state index in [4.69, 9.17) is 11.6 Å². The van der Waals surface area contributed by atoms with Crippen LogP contribution in [0.2, 0.25) is 5.02 Å². The van der Waals surface area contributed by atoms with Gasteiger partial charge in [-0.15, -0.1) is 0 Å². The molecule has 1 aromatic heterocycles. The fourth-order valence-electron chi connectivity index (χ4n) is 2.87. The summed E-state index contributed by atoms with van der Waals surface area (Å²) < 4.78 is 2.00. The third-order valence-corrected chi connectivity index (χ3v) is 4.42. The van der Waals surface area contributed by atoms with Crippen molar-refractivity contribution in [3.63, 3.8) is 0 Å². The quantitative estimate of drug-likeness (QED) is 0.362. The summed E-state index contributed by atoms with van der Waals surface area (Å²) in [6, 6.07) is 14.3. The summed E-state index contributed by atoms with van der Waals surface area (Å²) in [5, 5.41) is 22.9. The normalized spacial score (nSPS) is 11.1. The topological polar surface area (TPSA) is 86.8 Å². The van der Waals surface area contributed by atoms with Gasteiger partial charge in [0.25, 0.3) is 5.91 Å². The molecule has 7 heteroatoms. The number of carbonyl (C=O) groups is 1. The number of hydrazone groups is 1. The van der Waals surface area contributed by atoms with E-state index < -0.39 is 5.75 Å². The van der Waals surface area contributed by atoms with E-state index in [1.807, 2.05) is 48.7 Å². The number of phenolic OH excluding ortho intramolecular Hbond substituents is 2. The molecule has 2 aromatic carbocycles. The maximum atomic E-state index is 12.5. The van der Waals surface area contributed by atoms with Crippen molar-refractivity contribution < 1.29 is 15.0 Å². The number of amides is 1. The minimum Gasteiger partial charge on any atom is -0.504 e. The Hall–Kier alpha value is -3.25. The van der Waals surface area contributed by atoms with Gasteiger partial charge in [-0.05, 0) is 49.7 Å². The monoisotopic (exact) mass is 383 g/mol. The summed E-state index contributed by atoms with van der Waals surface area (Å²) in [4.78, 5) is 12.5. The fraction of sp³-hybridized carbons (Fsp3) is 0.100. The largest absolute Gasteiger partial charge is 0.504 e. The van der Waals surface area contributed by atoms with E-state index in [9.17, 15) is 15.0 Å². The van der Waals surface area contributed by atoms with Crippen molar-refractivity contribution in [1.29, 1.82) is 0 Å². The molecule has 138 valence electrons. The zero-order chi connectivity index (χ0) is 19.6. The van der Waals surface area contributed by atoms with Crippen molar-refractivity contribution in [2.75, 3.05) is 0 Å². The highest BCUT2D eigenvalue weighted by molar-refractivity contribution is 6.32. The van der Waals surface area contributed by atoms with Crippen molar-refractivity contribution in [1.82, 2.24) is 9.99 Å². The predicted octanol–water partition coefficient (Wildman–Crippen LogP) is 3.92. The van der Waals surface area contributed by atoms with Crippen molar-refractivity contribution in [3.8, 4) is 17.2 Å². The third-order valence-electron chi connectivity index (χ3n) is 4.14. The standard InChI is InChI=1S/C20H18ClN3O3/c1-12-8-16(13(2)24(12)15-6-4-3-5-7-15)20(27)23-22-11-14-9-17(21)19(26)18(25)10-14/h3-11,25-26H,1-2H3,(H,23,27)/b22-11+. The highest BCUT2D eigenvalue weighted by atomic mass is 35.5. The van der Waals surface area contributed by atoms with Crippen molar-refractivity contribution in [2.45, 2.75) is 13.8 Å². The van der Waals surface area contributed by atoms with E-state index in [2.05, 4.69) is 10.5 Å². The van der Waals surface area contributed by atoms with Gasteiger partial charge in [0.15, 0.2) is 11.5 Å². The SMILES string of the molecule is Cc1cc(C(=O)N/N=C/c2cc(O)c(O)c(Cl)c2)c(C)n1-c1ccccc1. The second-order valence-electron chi connectivity index (χ2n) is 6.03. The lowest BCUT2D eigenvalue weighted by atomic mass is 10.2. The highest BCUT2D eigenvalue weighted by Gasteiger charge is 2.16. The molecule has 6 nitrogen and oxygen atoms in total. The van der Waals surface area contributed by atoms with E-state index in [1.165, 1.54) is 18.3 Å². The van der Waals surface area contributed by atoms with Crippen LogP contribution in [0.4, 0.5) is 0 Å². The van der Waals surface area contributed by atoms with Gasteiger partial charge in [0.1, 0.15) is 0 Å². The number of rotatable bonds is 4. The molecule has 0 fully saturated rings. The van der Waals surface area contributed by atoms with Crippen LogP contribution >= 0.6 is 11.6 Å². The Kier molecular flexibility index (Phi) is 5.19. The fourth-order valence-corrected chi connectivity index (χ4v) is 3.09. The molecular formula is C20H18ClN3O3. The average molecular weight is 384 g/mol. The molecule has 3 aromatic rings. The second kappa shape index (κ2) is 7.55. The molecule has 0 spiro atoms. The molecule has 3 N–H and O–H groups in total. The number of carbonyl (C=O) groups excluding carboxylic acids is 1. The molecule has 27 heavy (non-hydrogen) atoms. The summed E-state index contributed by atoms with van der Waals surface area (Å²) in [5.41, 5.74) is 6.13. The maximum absolute atomic E-state index is 12.5. The molecule has 1 heterocycles. The average Bonchev–Trinajstić information content (AvgIpc) is 2.94. The Morgan fingerprint density at radius 2 is 1.85 bits per heavy atom. The van der Waals surface area contributed by atoms with Gasteiger partial charge in [-0.2, -0.15) is 5.10 Å². The Labute approximate surface area is 161 Å². The van der Waals surface area contributed by atoms with Crippen molar-refractivity contribution in [3.05, 3.63) is 76.1 Å². The predicted molar refractivity (Wildman–Crippen MR) is 105 cm³/mol. The van der Waals surface area contributed by atoms with Crippen molar-refractivity contribution in [2.24, 2.45) is 5.10 Å². The Morgan fingerprint density at radius 1 is 1.15 bits per heavy atom. The summed E-state index contributed by atoms with van der Waals surface area (Å²) in [6.07, 6.45) is 1.33. The minimum absolute atomic E-state index is 0.00539. The Morgan fingerprint density at radius 3 is 2.52 bits per heavy atom. The Bertz CT molecular complexity index is 1000. The van der Waals surface area contributed by atoms with E-state index >= 15 is 0 Å². The molecule has 0 saturated heterocycles. The minimum atomic E-state index is -0.397. The van der Waals surface area contributed by atoms with Crippen LogP contribution < -0.4 is 5.43 Å². The lowest BCUT2D eigenvalue weighted by Gasteiger charge is -2.09. The van der Waals surface area contributed by atoms with Gasteiger partial charge in [-0.1, -0.05) is 29.8 Å². The molecule has 3 rings (SSSR count). The number of halogens is 1. The van der Waals surface area contributed by atoms with E-state index in [1.54, 1.807) is 6.07 Å². The number of aryl methyl sites for hydroxylation is 1. The van der Waals surface area contributed by atoms with Crippen LogP contribution in [0, 0.1) is 13.8 Å². The van der Waals surface area contributed by atoms with Gasteiger partial charge in [0.05, 0.1) is 16.8 Å². The number of phenols is 2. The van der Waals surface area contributed by atoms with Crippen LogP contribution in [0.25, 0.3) is 5.69 Å². The van der Waals surface area contributed by atoms with Gasteiger partial charge in [0, 0.05) is 17.1 Å². The van der Waals surface area contributed by atoms with Gasteiger partial charge < -0.3 is 14.8 Å². The van der Waals surface area contributed by atoms with Crippen LogP contribution in [-0.2, 0) is 0 Å². The lowest BCUT2D eigenvalue weighted by molar-refractivity contribution is 0.0954. The number of nitrogens with one attached hydrogen (secondary N) is 1. The van der Waals surface area contributed by atoms with E-state index in [-0.39, 0.29) is 16.7 Å². The summed E-state index contributed by atoms with van der Waals surface area (Å²) >= 11 is 5.79. The van der Waals surface area contributed by atoms with Crippen LogP contribution in [0.3, 0.4) is 0 Å². The molecule has 0 radical (unpaired) electrons. The first-order valence-corrected chi connectivity index (χ1v) is 8.55. The molecule has 0 aliphatic heterocycles. The number of benzene rings is 2. The summed E-state index contributed by atoms with van der Waals surface area (Å²) in [6.45, 7) is 3.80. The van der Waals surface area contributed by atoms with Crippen LogP contribution in [0.5, 0.6) is 11.5 Å². The van der Waals surface area contributed by atoms with Gasteiger partial charge in [0.2, 0.25) is 0 Å². The first-order valence-electron chi connectivity index (χ1n) is 8.17. The molecule has 0 bridgehead atoms. The van der Waals surface area contributed by atoms with Gasteiger partial charge in [-0.3, -0.25) is 4.79 Å². The zero-order valence-corrected chi connectivity index (χ0v) is 15.5. The summed E-state index contributed by atoms with van der Waals surface area (Å²) in [5.74, 6) is -1.11. The number of hydrogen-bond donors (Lipinski definition) is 3. The number of para-hydroxylation sites is 1. The van der Waals surface area contributed by atoms with Crippen molar-refractivity contribution >= 4 is 23.7 Å². The number of nitrogens with zero attached hydrogens (tertiary/aromatic N) is 2. The van der Waals surface area contributed by atoms with Crippen LogP contribution in [0.15, 0.2) is 53.6 Å². The van der Waals surface area contributed by atoms with Crippen LogP contribution in [-0.4, -0.2) is 26.9 Å². The molecule has 0 aliphatic rings. The Balaban J connectivity index is 1.79. The summed E-state index contributed by atoms with van der Waals surface area (Å²) in [7, 11) is 0. The lowest BCUT2D eigenvalue weighted by Crippen LogP contribution is -2.18. The number of aromatic hydroxyl groups is 2. The molecule has 0 aliphatic carbocycles. The van der Waals surface area contributed by atoms with Gasteiger partial charge >= 0.3 is 0 Å². The third kappa shape index (κ3) is 3.80. The zero-order valence-electron chi connectivity index (χ0n) is 14.8. The van der Waals surface area contributed by atoms with E-state index in [0.29, 0.717) is 11.1 Å². The second-order valence-corrected chi connectivity index (χ2v) is 6.43. The first kappa shape index (κ1) is 18.5.